The number of hydrogen-bond acceptors (Lipinski definition) is 28. The second-order valence-corrected chi connectivity index (χ2v) is 41.4. The fraction of sp³-hybridized carbons (Fsp3) is 0.876. The first-order valence-electron chi connectivity index (χ1n) is 46.7. The first-order chi connectivity index (χ1) is 61.3. The number of rotatable bonds is 32. The number of hydrogen-bond donors (Lipinski definition) is 6. The third-order valence-electron chi connectivity index (χ3n) is 25.4. The summed E-state index contributed by atoms with van der Waals surface area (Å²) in [6.07, 6.45) is 17.6. The second-order valence-electron chi connectivity index (χ2n) is 35.1. The zero-order valence-corrected chi connectivity index (χ0v) is 81.3. The normalized spacial score (nSPS) is 35.8. The molecule has 128 heavy (non-hydrogen) atoms. The molecule has 0 bridgehead atoms. The number of aromatic amines is 1. The summed E-state index contributed by atoms with van der Waals surface area (Å²) in [6, 6.07) is 2.34. The predicted octanol–water partition coefficient (Wildman–Crippen LogP) is 11.0. The van der Waals surface area contributed by atoms with Gasteiger partial charge in [0.25, 0.3) is 5.56 Å². The Labute approximate surface area is 769 Å². The van der Waals surface area contributed by atoms with Crippen LogP contribution in [0.25, 0.3) is 4.85 Å². The van der Waals surface area contributed by atoms with Crippen LogP contribution in [0, 0.1) is 24.8 Å². The van der Waals surface area contributed by atoms with Gasteiger partial charge in [-0.25, -0.2) is 16.2 Å². The van der Waals surface area contributed by atoms with E-state index in [0.29, 0.717) is 43.6 Å². The molecular formula is C89H150B3ClN8O25P2. The van der Waals surface area contributed by atoms with Gasteiger partial charge >= 0.3 is 11.4 Å². The number of nitriles is 1. The lowest BCUT2D eigenvalue weighted by Gasteiger charge is -2.35. The number of aliphatic hydroxyl groups excluding tert-OH is 4. The number of amides is 1. The van der Waals surface area contributed by atoms with Crippen LogP contribution in [-0.4, -0.2) is 313 Å². The molecule has 2 aromatic heterocycles. The van der Waals surface area contributed by atoms with Gasteiger partial charge in [-0.2, -0.15) is 10.2 Å². The molecule has 39 heteroatoms. The van der Waals surface area contributed by atoms with Crippen molar-refractivity contribution in [1.82, 2.24) is 19.1 Å². The second kappa shape index (κ2) is 56.7. The van der Waals surface area contributed by atoms with Crippen molar-refractivity contribution in [1.29, 1.82) is 5.26 Å². The highest BCUT2D eigenvalue weighted by Crippen LogP contribution is 2.60. The number of carbonyl (C=O) groups excluding carboxylic acids is 1. The number of nitrogens with one attached hydrogen (secondary N) is 2. The summed E-state index contributed by atoms with van der Waals surface area (Å²) < 4.78 is 106. The molecule has 6 radical (unpaired) electrons. The van der Waals surface area contributed by atoms with Crippen molar-refractivity contribution < 1.29 is 105 Å². The highest BCUT2D eigenvalue weighted by Gasteiger charge is 2.52. The zero-order valence-electron chi connectivity index (χ0n) is 78.8. The van der Waals surface area contributed by atoms with Gasteiger partial charge in [-0.05, 0) is 123 Å². The molecule has 5 aliphatic heterocycles. The van der Waals surface area contributed by atoms with E-state index in [1.807, 2.05) is 55.1 Å². The number of aromatic nitrogens is 4. The Morgan fingerprint density at radius 1 is 0.594 bits per heavy atom. The van der Waals surface area contributed by atoms with Gasteiger partial charge in [0.05, 0.1) is 104 Å². The van der Waals surface area contributed by atoms with Gasteiger partial charge in [-0.3, -0.25) is 28.5 Å². The van der Waals surface area contributed by atoms with Gasteiger partial charge in [0, 0.05) is 109 Å². The maximum Gasteiger partial charge on any atom is 0.351 e. The first-order valence-corrected chi connectivity index (χ1v) is 51.2. The minimum Gasteiger partial charge on any atom is -0.388 e. The summed E-state index contributed by atoms with van der Waals surface area (Å²) >= 11 is 6.44. The van der Waals surface area contributed by atoms with Crippen LogP contribution < -0.4 is 22.3 Å². The molecule has 0 spiro atoms. The third-order valence-corrected chi connectivity index (χ3v) is 31.7. The van der Waals surface area contributed by atoms with Crippen LogP contribution in [0.1, 0.15) is 254 Å². The molecule has 5 aliphatic carbocycles. The highest BCUT2D eigenvalue weighted by atomic mass is 35.7. The lowest BCUT2D eigenvalue weighted by Crippen LogP contribution is -2.44. The molecule has 12 rings (SSSR count). The molecule has 2 aromatic rings. The summed E-state index contributed by atoms with van der Waals surface area (Å²) in [5.74, 6) is -0.143. The molecule has 7 heterocycles. The summed E-state index contributed by atoms with van der Waals surface area (Å²) in [5, 5.41) is 52.7. The number of aliphatic hydroxyl groups is 4. The summed E-state index contributed by atoms with van der Waals surface area (Å²) in [4.78, 5) is 57.1. The lowest BCUT2D eigenvalue weighted by atomic mass is 9.90. The smallest absolute Gasteiger partial charge is 0.351 e. The molecule has 10 aliphatic rings. The Morgan fingerprint density at radius 2 is 0.945 bits per heavy atom. The third kappa shape index (κ3) is 32.0. The molecule has 33 nitrogen and oxygen atoms in total. The Kier molecular flexibility index (Phi) is 49.3. The molecular weight excluding hydrogens is 1710 g/mol. The molecule has 0 aromatic carbocycles. The molecule has 5 saturated carbocycles. The van der Waals surface area contributed by atoms with Gasteiger partial charge in [0.1, 0.15) is 97.0 Å². The fourth-order valence-electron chi connectivity index (χ4n) is 18.3. The quantitative estimate of drug-likeness (QED) is 0.0171. The molecule has 1 amide bonds. The standard InChI is InChI=1S/C19H29N3O6.C18H28N2O6.C17H29BNO5P.2C13H23BO4.C9H18ClN2P/c1-4-12-16(24)17(27-14-8-6-5-7-13(14)26-3)18(28-12)22-10-9-15(20-11(2)23)21-19(22)25;1-4-11-14(21)15(25-13-8-6-5-7-12(13)24-3)17(26-11)20-9-10(2)16(22)19-18(20)23;1-5-12-15(24-25(4)21-11-10-19-2)16(17(18)23-12)22-14-9-7-6-8-13(14)20-3;2*1-3-8-11(15)12(13(14)18-8)17-10-7-5-4-6-9(10)16-2;1-8(2)12-13(10,9(3)4)7-5-6-11/h9-10,12-14,16-18,24H,4-8H2,1-3H3,(H,20,21,23,25);9,11-15,17,21H,4-8H2,1-3H3,(H,19,22,23);12-17H,5-11H2,1,3-4H3;2*8-13,15H,3-7H2,1-2H3;8-9H,5,7H2,1-4H3/t12-,13-,14-,16?,17+,18-;11-,12-,13-,14?,15+,17-;12-,13-,14-,15?,16+,17-,25?;2*8-,9-,10-,11?,12+,13-;/m11111./s1. The molecule has 5 saturated heterocycles. The monoisotopic (exact) mass is 1860 g/mol. The van der Waals surface area contributed by atoms with Crippen LogP contribution in [0.5, 0.6) is 0 Å². The summed E-state index contributed by atoms with van der Waals surface area (Å²) in [7, 11) is 25.3. The maximum absolute atomic E-state index is 12.5. The zero-order chi connectivity index (χ0) is 94.1. The Morgan fingerprint density at radius 3 is 1.29 bits per heavy atom. The van der Waals surface area contributed by atoms with Crippen molar-refractivity contribution >= 4 is 61.3 Å². The summed E-state index contributed by atoms with van der Waals surface area (Å²) in [6.45, 7) is 30.4. The molecule has 32 atom stereocenters. The average molecular weight is 1860 g/mol. The van der Waals surface area contributed by atoms with E-state index >= 15 is 0 Å². The number of H-pyrrole nitrogens is 1. The van der Waals surface area contributed by atoms with Gasteiger partial charge in [-0.1, -0.05) is 124 Å². The fourth-order valence-corrected chi connectivity index (χ4v) is 22.1. The number of halogens is 1. The van der Waals surface area contributed by atoms with Crippen LogP contribution in [-0.2, 0) is 84.9 Å². The van der Waals surface area contributed by atoms with Gasteiger partial charge < -0.3 is 111 Å². The number of anilines is 1. The summed E-state index contributed by atoms with van der Waals surface area (Å²) in [5.41, 5.74) is -0.810. The molecule has 6 N–H and O–H groups in total. The van der Waals surface area contributed by atoms with E-state index in [9.17, 15) is 39.6 Å². The number of carbonyl (C=O) groups is 1. The van der Waals surface area contributed by atoms with Crippen molar-refractivity contribution in [2.24, 2.45) is 4.74 Å². The number of nitrogens with zero attached hydrogens (tertiary/aromatic N) is 6. The topological polar surface area (TPSA) is 397 Å². The molecule has 10 fully saturated rings. The van der Waals surface area contributed by atoms with Crippen LogP contribution in [0.2, 0.25) is 0 Å². The number of ether oxygens (including phenoxy) is 15. The van der Waals surface area contributed by atoms with Crippen LogP contribution in [0.3, 0.4) is 0 Å². The van der Waals surface area contributed by atoms with Crippen LogP contribution >= 0.6 is 26.0 Å². The van der Waals surface area contributed by atoms with E-state index < -0.39 is 123 Å². The Balaban J connectivity index is 0.000000214. The molecule has 722 valence electrons. The Bertz CT molecular complexity index is 3830. The van der Waals surface area contributed by atoms with Gasteiger partial charge in [0.15, 0.2) is 20.8 Å². The number of methoxy groups -OCH3 is 5. The van der Waals surface area contributed by atoms with Crippen LogP contribution in [0.4, 0.5) is 5.82 Å². The van der Waals surface area contributed by atoms with E-state index in [1.165, 1.54) is 47.4 Å². The van der Waals surface area contributed by atoms with E-state index in [-0.39, 0.29) is 109 Å². The van der Waals surface area contributed by atoms with Crippen molar-refractivity contribution in [3.63, 3.8) is 0 Å². The first kappa shape index (κ1) is 111. The van der Waals surface area contributed by atoms with Crippen molar-refractivity contribution in [3.8, 4) is 6.07 Å². The van der Waals surface area contributed by atoms with Crippen molar-refractivity contribution in [3.05, 3.63) is 66.8 Å². The minimum absolute atomic E-state index is 0.0197. The largest absolute Gasteiger partial charge is 0.388 e. The lowest BCUT2D eigenvalue weighted by molar-refractivity contribution is -0.150. The highest BCUT2D eigenvalue weighted by molar-refractivity contribution is 7.91. The van der Waals surface area contributed by atoms with Gasteiger partial charge in [0.2, 0.25) is 12.5 Å². The van der Waals surface area contributed by atoms with Crippen molar-refractivity contribution in [2.75, 3.05) is 66.8 Å². The Hall–Kier alpha value is -3.69. The predicted molar refractivity (Wildman–Crippen MR) is 491 cm³/mol. The van der Waals surface area contributed by atoms with E-state index in [0.717, 1.165) is 141 Å². The SMILES string of the molecule is CC(C)N=P(Cl)(CCC#N)C(C)C.CC[C@H]1O[C@@H](n2cc(C)c(=O)[nH]c2=O)[C@@H](O[C@@H]2CCCC[C@H]2OC)C1O.CC[C@H]1O[C@@H](n2ccc(NC(C)=O)nc2=O)[C@@H](O[C@@H]2CCCC[C@H]2OC)C1O.[B][C@@H]1O[C@H](CC)C(O)[C@@H]1O[C@@H]1CCCC[C@H]1OC.[B][C@@H]1O[C@H](CC)C(O)[C@@H]1O[C@@H]1CCCC[C@H]1OC.[B][C@@H]1O[C@H](CC)C(OP(C)OCC[N+]#[C-])[C@@H]1O[C@@H]1CCCC[C@H]1OC. The van der Waals surface area contributed by atoms with Crippen molar-refractivity contribution in [2.45, 2.75) is 438 Å². The van der Waals surface area contributed by atoms with E-state index in [1.54, 1.807) is 42.5 Å². The van der Waals surface area contributed by atoms with Gasteiger partial charge in [-0.15, -0.1) is 0 Å². The van der Waals surface area contributed by atoms with E-state index in [4.69, 9.17) is 127 Å². The average Bonchev–Trinajstić information content (AvgIpc) is 1.63. The molecule has 7 unspecified atom stereocenters. The van der Waals surface area contributed by atoms with E-state index in [2.05, 4.69) is 44.8 Å². The van der Waals surface area contributed by atoms with Crippen LogP contribution in [0.15, 0.2) is 37.6 Å². The maximum atomic E-state index is 12.5. The number of aryl methyl sites for hydroxylation is 1. The minimum atomic E-state index is -1.74.